The number of rotatable bonds is 7. The molecule has 0 aliphatic heterocycles. The van der Waals surface area contributed by atoms with Gasteiger partial charge in [0.2, 0.25) is 0 Å². The van der Waals surface area contributed by atoms with Crippen LogP contribution in [0.3, 0.4) is 0 Å². The molecule has 0 unspecified atom stereocenters. The molecule has 0 saturated carbocycles. The molecule has 0 bridgehead atoms. The minimum atomic E-state index is 0.460. The molecular formula is C15H17Br2ClN2O. The molecule has 3 nitrogen and oxygen atoms in total. The lowest BCUT2D eigenvalue weighted by Crippen LogP contribution is -2.18. The van der Waals surface area contributed by atoms with Crippen LogP contribution >= 0.6 is 43.5 Å². The van der Waals surface area contributed by atoms with Crippen LogP contribution in [-0.4, -0.2) is 24.7 Å². The first-order valence-corrected chi connectivity index (χ1v) is 8.87. The van der Waals surface area contributed by atoms with E-state index in [1.54, 1.807) is 6.07 Å². The van der Waals surface area contributed by atoms with Crippen LogP contribution in [0.25, 0.3) is 10.9 Å². The molecule has 0 saturated heterocycles. The van der Waals surface area contributed by atoms with Crippen LogP contribution in [0, 0.1) is 0 Å². The number of pyridine rings is 1. The summed E-state index contributed by atoms with van der Waals surface area (Å²) in [6, 6.07) is 5.69. The topological polar surface area (TPSA) is 34.1 Å². The summed E-state index contributed by atoms with van der Waals surface area (Å²) in [6.45, 7) is 4.79. The number of nitrogens with zero attached hydrogens (tertiary/aromatic N) is 1. The quantitative estimate of drug-likeness (QED) is 0.480. The number of hydrogen-bond donors (Lipinski definition) is 1. The van der Waals surface area contributed by atoms with Gasteiger partial charge >= 0.3 is 0 Å². The zero-order valence-corrected chi connectivity index (χ0v) is 15.7. The van der Waals surface area contributed by atoms with Crippen LogP contribution in [0.4, 0.5) is 0 Å². The van der Waals surface area contributed by atoms with Gasteiger partial charge < -0.3 is 10.1 Å². The van der Waals surface area contributed by atoms with Crippen molar-refractivity contribution in [2.45, 2.75) is 19.8 Å². The van der Waals surface area contributed by atoms with E-state index in [0.717, 1.165) is 51.5 Å². The Bertz CT molecular complexity index is 622. The molecule has 0 atom stereocenters. The molecule has 1 heterocycles. The van der Waals surface area contributed by atoms with Gasteiger partial charge in [-0.15, -0.1) is 0 Å². The third-order valence-corrected chi connectivity index (χ3v) is 4.43. The van der Waals surface area contributed by atoms with Crippen LogP contribution in [0.15, 0.2) is 27.1 Å². The predicted molar refractivity (Wildman–Crippen MR) is 95.4 cm³/mol. The first kappa shape index (κ1) is 17.0. The molecule has 0 amide bonds. The third kappa shape index (κ3) is 4.55. The monoisotopic (exact) mass is 434 g/mol. The molecule has 1 N–H and O–H groups in total. The van der Waals surface area contributed by atoms with Gasteiger partial charge in [-0.05, 0) is 60.1 Å². The molecule has 1 aromatic carbocycles. The second-order valence-corrected chi connectivity index (χ2v) is 6.75. The standard InChI is InChI=1S/C15H17Br2ClN2O/c1-2-6-19-7-3-8-21-15-12(17)9-11(16)10-4-5-13(18)20-14(10)15/h4-5,9,19H,2-3,6-8H2,1H3. The Hall–Kier alpha value is -0.360. The smallest absolute Gasteiger partial charge is 0.159 e. The molecule has 2 rings (SSSR count). The Balaban J connectivity index is 2.13. The fourth-order valence-electron chi connectivity index (χ4n) is 1.98. The van der Waals surface area contributed by atoms with Crippen molar-refractivity contribution in [1.29, 1.82) is 0 Å². The number of aromatic nitrogens is 1. The highest BCUT2D eigenvalue weighted by molar-refractivity contribution is 9.11. The predicted octanol–water partition coefficient (Wildman–Crippen LogP) is 5.18. The van der Waals surface area contributed by atoms with Crippen LogP contribution in [-0.2, 0) is 0 Å². The van der Waals surface area contributed by atoms with Gasteiger partial charge in [-0.25, -0.2) is 4.98 Å². The number of fused-ring (bicyclic) bond motifs is 1. The average Bonchev–Trinajstić information content (AvgIpc) is 2.45. The second-order valence-electron chi connectivity index (χ2n) is 4.65. The van der Waals surface area contributed by atoms with Gasteiger partial charge in [0.1, 0.15) is 10.7 Å². The Morgan fingerprint density at radius 3 is 2.81 bits per heavy atom. The maximum atomic E-state index is 6.01. The van der Waals surface area contributed by atoms with E-state index in [1.165, 1.54) is 0 Å². The normalized spacial score (nSPS) is 11.0. The Morgan fingerprint density at radius 2 is 2.05 bits per heavy atom. The van der Waals surface area contributed by atoms with Crippen molar-refractivity contribution in [3.05, 3.63) is 32.3 Å². The lowest BCUT2D eigenvalue weighted by atomic mass is 10.2. The molecule has 0 aliphatic carbocycles. The maximum Gasteiger partial charge on any atom is 0.159 e. The molecule has 0 aliphatic rings. The zero-order valence-electron chi connectivity index (χ0n) is 11.8. The van der Waals surface area contributed by atoms with Gasteiger partial charge in [0.05, 0.1) is 11.1 Å². The van der Waals surface area contributed by atoms with Gasteiger partial charge in [-0.1, -0.05) is 34.5 Å². The first-order chi connectivity index (χ1) is 10.1. The minimum absolute atomic E-state index is 0.460. The van der Waals surface area contributed by atoms with Crippen molar-refractivity contribution in [2.75, 3.05) is 19.7 Å². The molecule has 0 radical (unpaired) electrons. The second kappa shape index (κ2) is 8.32. The molecule has 6 heteroatoms. The Morgan fingerprint density at radius 1 is 1.24 bits per heavy atom. The summed E-state index contributed by atoms with van der Waals surface area (Å²) in [5.74, 6) is 0.742. The van der Waals surface area contributed by atoms with Crippen molar-refractivity contribution in [2.24, 2.45) is 0 Å². The number of hydrogen-bond acceptors (Lipinski definition) is 3. The van der Waals surface area contributed by atoms with Crippen LogP contribution < -0.4 is 10.1 Å². The number of halogens is 3. The molecule has 114 valence electrons. The van der Waals surface area contributed by atoms with E-state index >= 15 is 0 Å². The third-order valence-electron chi connectivity index (χ3n) is 2.98. The lowest BCUT2D eigenvalue weighted by Gasteiger charge is -2.12. The van der Waals surface area contributed by atoms with E-state index in [9.17, 15) is 0 Å². The molecule has 21 heavy (non-hydrogen) atoms. The summed E-state index contributed by atoms with van der Waals surface area (Å²) >= 11 is 13.1. The molecular weight excluding hydrogens is 419 g/mol. The fraction of sp³-hybridized carbons (Fsp3) is 0.400. The lowest BCUT2D eigenvalue weighted by molar-refractivity contribution is 0.309. The summed E-state index contributed by atoms with van der Waals surface area (Å²) in [5, 5.41) is 4.80. The van der Waals surface area contributed by atoms with Crippen LogP contribution in [0.1, 0.15) is 19.8 Å². The summed E-state index contributed by atoms with van der Waals surface area (Å²) < 4.78 is 7.75. The summed E-state index contributed by atoms with van der Waals surface area (Å²) in [4.78, 5) is 4.39. The van der Waals surface area contributed by atoms with Gasteiger partial charge in [0.15, 0.2) is 5.75 Å². The van der Waals surface area contributed by atoms with Crippen LogP contribution in [0.5, 0.6) is 5.75 Å². The van der Waals surface area contributed by atoms with E-state index in [2.05, 4.69) is 49.1 Å². The van der Waals surface area contributed by atoms with Gasteiger partial charge in [-0.3, -0.25) is 0 Å². The highest BCUT2D eigenvalue weighted by Crippen LogP contribution is 2.38. The van der Waals surface area contributed by atoms with Gasteiger partial charge in [0, 0.05) is 9.86 Å². The van der Waals surface area contributed by atoms with E-state index in [1.807, 2.05) is 12.1 Å². The Labute approximate surface area is 146 Å². The number of nitrogens with one attached hydrogen (secondary N) is 1. The summed E-state index contributed by atoms with van der Waals surface area (Å²) in [7, 11) is 0. The molecule has 2 aromatic rings. The summed E-state index contributed by atoms with van der Waals surface area (Å²) in [5.41, 5.74) is 0.769. The average molecular weight is 437 g/mol. The largest absolute Gasteiger partial charge is 0.490 e. The SMILES string of the molecule is CCCNCCCOc1c(Br)cc(Br)c2ccc(Cl)nc12. The van der Waals surface area contributed by atoms with Crippen molar-refractivity contribution < 1.29 is 4.74 Å². The van der Waals surface area contributed by atoms with Crippen molar-refractivity contribution in [3.63, 3.8) is 0 Å². The van der Waals surface area contributed by atoms with E-state index < -0.39 is 0 Å². The van der Waals surface area contributed by atoms with Crippen LogP contribution in [0.2, 0.25) is 5.15 Å². The maximum absolute atomic E-state index is 6.01. The number of ether oxygens (including phenoxy) is 1. The van der Waals surface area contributed by atoms with Crippen molar-refractivity contribution in [1.82, 2.24) is 10.3 Å². The molecule has 1 aromatic heterocycles. The van der Waals surface area contributed by atoms with Gasteiger partial charge in [0.25, 0.3) is 0 Å². The van der Waals surface area contributed by atoms with Gasteiger partial charge in [-0.2, -0.15) is 0 Å². The van der Waals surface area contributed by atoms with E-state index in [0.29, 0.717) is 11.8 Å². The minimum Gasteiger partial charge on any atom is -0.490 e. The van der Waals surface area contributed by atoms with E-state index in [-0.39, 0.29) is 0 Å². The highest BCUT2D eigenvalue weighted by Gasteiger charge is 2.12. The highest BCUT2D eigenvalue weighted by atomic mass is 79.9. The molecule has 0 fully saturated rings. The van der Waals surface area contributed by atoms with Crippen molar-refractivity contribution >= 4 is 54.4 Å². The fourth-order valence-corrected chi connectivity index (χ4v) is 3.51. The van der Waals surface area contributed by atoms with Crippen molar-refractivity contribution in [3.8, 4) is 5.75 Å². The summed E-state index contributed by atoms with van der Waals surface area (Å²) in [6.07, 6.45) is 2.09. The Kier molecular flexibility index (Phi) is 6.74. The number of benzene rings is 1. The first-order valence-electron chi connectivity index (χ1n) is 6.91. The zero-order chi connectivity index (χ0) is 15.2. The van der Waals surface area contributed by atoms with E-state index in [4.69, 9.17) is 16.3 Å². The molecule has 0 spiro atoms.